The van der Waals surface area contributed by atoms with Crippen molar-refractivity contribution in [2.24, 2.45) is 0 Å². The van der Waals surface area contributed by atoms with E-state index in [1.54, 1.807) is 30.5 Å². The summed E-state index contributed by atoms with van der Waals surface area (Å²) in [5.41, 5.74) is 0.956. The van der Waals surface area contributed by atoms with Gasteiger partial charge in [-0.15, -0.1) is 0 Å². The first-order valence-corrected chi connectivity index (χ1v) is 9.28. The van der Waals surface area contributed by atoms with Crippen molar-refractivity contribution in [1.29, 1.82) is 0 Å². The second-order valence-electron chi connectivity index (χ2n) is 5.59. The van der Waals surface area contributed by atoms with Crippen molar-refractivity contribution in [3.05, 3.63) is 81.0 Å². The van der Waals surface area contributed by atoms with Crippen LogP contribution in [0.3, 0.4) is 0 Å². The van der Waals surface area contributed by atoms with Crippen molar-refractivity contribution in [2.75, 3.05) is 0 Å². The summed E-state index contributed by atoms with van der Waals surface area (Å²) in [6.07, 6.45) is 1.70. The van der Waals surface area contributed by atoms with E-state index in [0.717, 1.165) is 11.0 Å². The fourth-order valence-corrected chi connectivity index (χ4v) is 3.10. The van der Waals surface area contributed by atoms with E-state index in [9.17, 15) is 0 Å². The van der Waals surface area contributed by atoms with Crippen molar-refractivity contribution in [1.82, 2.24) is 0 Å². The van der Waals surface area contributed by atoms with E-state index in [4.69, 9.17) is 60.3 Å². The molecule has 0 fully saturated rings. The molecule has 0 saturated heterocycles. The average molecular weight is 440 g/mol. The van der Waals surface area contributed by atoms with Gasteiger partial charge in [-0.1, -0.05) is 64.6 Å². The summed E-state index contributed by atoms with van der Waals surface area (Å²) in [5, 5.41) is 2.73. The lowest BCUT2D eigenvalue weighted by Crippen LogP contribution is -1.99. The Morgan fingerprint density at radius 3 is 1.44 bits per heavy atom. The molecule has 1 aromatic heterocycles. The minimum atomic E-state index is 0.391. The highest BCUT2D eigenvalue weighted by Crippen LogP contribution is 2.49. The lowest BCUT2D eigenvalue weighted by atomic mass is 10.2. The quantitative estimate of drug-likeness (QED) is 0.242. The predicted octanol–water partition coefficient (Wildman–Crippen LogP) is 8.63. The first kappa shape index (κ1) is 18.3. The van der Waals surface area contributed by atoms with E-state index in [1.807, 2.05) is 30.3 Å². The molecule has 0 spiro atoms. The van der Waals surface area contributed by atoms with E-state index < -0.39 is 0 Å². The zero-order valence-corrected chi connectivity index (χ0v) is 16.5. The average Bonchev–Trinajstić information content (AvgIpc) is 3.12. The molecule has 4 aromatic rings. The molecule has 0 bridgehead atoms. The summed E-state index contributed by atoms with van der Waals surface area (Å²) in [5.74, 6) is 1.93. The van der Waals surface area contributed by atoms with Crippen molar-refractivity contribution in [2.45, 2.75) is 0 Å². The molecule has 0 aliphatic carbocycles. The van der Waals surface area contributed by atoms with Crippen LogP contribution >= 0.6 is 46.4 Å². The van der Waals surface area contributed by atoms with Crippen molar-refractivity contribution in [3.8, 4) is 23.0 Å². The third-order valence-corrected chi connectivity index (χ3v) is 5.22. The van der Waals surface area contributed by atoms with Gasteiger partial charge in [0.15, 0.2) is 23.0 Å². The third-order valence-electron chi connectivity index (χ3n) is 3.77. The highest BCUT2D eigenvalue weighted by Gasteiger charge is 2.22. The van der Waals surface area contributed by atoms with Crippen LogP contribution in [0.5, 0.6) is 23.0 Å². The molecule has 0 N–H and O–H groups in total. The molecule has 3 nitrogen and oxygen atoms in total. The van der Waals surface area contributed by atoms with Gasteiger partial charge in [-0.05, 0) is 12.1 Å². The Morgan fingerprint density at radius 1 is 0.556 bits per heavy atom. The number of hydrogen-bond acceptors (Lipinski definition) is 3. The van der Waals surface area contributed by atoms with Crippen LogP contribution in [0.15, 0.2) is 65.3 Å². The predicted molar refractivity (Wildman–Crippen MR) is 109 cm³/mol. The summed E-state index contributed by atoms with van der Waals surface area (Å²) >= 11 is 23.7. The second-order valence-corrected chi connectivity index (χ2v) is 7.22. The highest BCUT2D eigenvalue weighted by molar-refractivity contribution is 6.42. The summed E-state index contributed by atoms with van der Waals surface area (Å²) in [6, 6.07) is 16.2. The molecule has 3 aromatic carbocycles. The molecule has 27 heavy (non-hydrogen) atoms. The van der Waals surface area contributed by atoms with Gasteiger partial charge in [0.25, 0.3) is 0 Å². The lowest BCUT2D eigenvalue weighted by Gasteiger charge is -2.21. The van der Waals surface area contributed by atoms with Crippen LogP contribution in [0, 0.1) is 0 Å². The summed E-state index contributed by atoms with van der Waals surface area (Å²) < 4.78 is 16.4. The maximum Gasteiger partial charge on any atom is 0.171 e. The monoisotopic (exact) mass is 438 g/mol. The Kier molecular flexibility index (Phi) is 5.11. The molecule has 1 aliphatic heterocycles. The normalized spacial score (nSPS) is 11.6. The van der Waals surface area contributed by atoms with Crippen molar-refractivity contribution < 1.29 is 13.9 Å². The summed E-state index contributed by atoms with van der Waals surface area (Å²) in [6.45, 7) is 0. The standard InChI is InChI=1S/C12H4Cl4O2.C8H6O/c13-5-1-9-10(2-6(5)14)18-12-4-8(16)7(15)3-11(12)17-9;1-2-4-8-7(3-1)5-6-9-8/h1-4H;1-6H. The van der Waals surface area contributed by atoms with Crippen molar-refractivity contribution >= 4 is 57.4 Å². The number of rotatable bonds is 0. The van der Waals surface area contributed by atoms with Gasteiger partial charge in [0.2, 0.25) is 0 Å². The Balaban J connectivity index is 0.000000167. The molecule has 2 heterocycles. The van der Waals surface area contributed by atoms with Crippen LogP contribution in [0.4, 0.5) is 0 Å². The first-order valence-electron chi connectivity index (χ1n) is 7.77. The number of halogens is 4. The summed E-state index contributed by atoms with van der Waals surface area (Å²) in [7, 11) is 0. The molecule has 0 atom stereocenters. The van der Waals surface area contributed by atoms with E-state index in [2.05, 4.69) is 0 Å². The zero-order valence-electron chi connectivity index (χ0n) is 13.5. The molecule has 136 valence electrons. The molecule has 0 radical (unpaired) electrons. The topological polar surface area (TPSA) is 31.6 Å². The number of fused-ring (bicyclic) bond motifs is 3. The van der Waals surface area contributed by atoms with E-state index in [1.165, 1.54) is 0 Å². The van der Waals surface area contributed by atoms with Crippen LogP contribution in [-0.4, -0.2) is 0 Å². The summed E-state index contributed by atoms with van der Waals surface area (Å²) in [4.78, 5) is 0. The van der Waals surface area contributed by atoms with Crippen LogP contribution in [0.25, 0.3) is 11.0 Å². The molecule has 5 rings (SSSR count). The maximum atomic E-state index is 5.91. The van der Waals surface area contributed by atoms with E-state index in [-0.39, 0.29) is 0 Å². The van der Waals surface area contributed by atoms with Crippen LogP contribution in [0.1, 0.15) is 0 Å². The minimum absolute atomic E-state index is 0.391. The first-order chi connectivity index (χ1) is 13.0. The Bertz CT molecular complexity index is 996. The van der Waals surface area contributed by atoms with Crippen LogP contribution in [0.2, 0.25) is 20.1 Å². The van der Waals surface area contributed by atoms with Gasteiger partial charge in [0.1, 0.15) is 5.58 Å². The van der Waals surface area contributed by atoms with Crippen LogP contribution in [-0.2, 0) is 0 Å². The lowest BCUT2D eigenvalue weighted by molar-refractivity contribution is 0.359. The smallest absolute Gasteiger partial charge is 0.171 e. The highest BCUT2D eigenvalue weighted by atomic mass is 35.5. The number of benzene rings is 3. The van der Waals surface area contributed by atoms with Crippen molar-refractivity contribution in [3.63, 3.8) is 0 Å². The number of hydrogen-bond donors (Lipinski definition) is 0. The Morgan fingerprint density at radius 2 is 1.00 bits per heavy atom. The second kappa shape index (κ2) is 7.53. The number of furan rings is 1. The maximum absolute atomic E-state index is 5.91. The fraction of sp³-hybridized carbons (Fsp3) is 0. The molecule has 0 saturated carbocycles. The van der Waals surface area contributed by atoms with Gasteiger partial charge in [-0.2, -0.15) is 0 Å². The van der Waals surface area contributed by atoms with Gasteiger partial charge < -0.3 is 13.9 Å². The number of para-hydroxylation sites is 1. The van der Waals surface area contributed by atoms with E-state index >= 15 is 0 Å². The zero-order chi connectivity index (χ0) is 19.0. The Labute approximate surface area is 174 Å². The Hall–Kier alpha value is -2.04. The SMILES string of the molecule is Clc1cc2c(cc1Cl)Oc1cc(Cl)c(Cl)cc1O2.c1ccc2occc2c1. The fourth-order valence-electron chi connectivity index (χ4n) is 2.48. The molecule has 0 amide bonds. The van der Waals surface area contributed by atoms with Gasteiger partial charge in [0.05, 0.1) is 26.4 Å². The third kappa shape index (κ3) is 3.83. The molecule has 0 unspecified atom stereocenters. The van der Waals surface area contributed by atoms with E-state index in [0.29, 0.717) is 43.1 Å². The largest absolute Gasteiger partial charge is 0.464 e. The van der Waals surface area contributed by atoms with Crippen LogP contribution < -0.4 is 9.47 Å². The number of ether oxygens (including phenoxy) is 2. The molecular formula is C20H10Cl4O3. The van der Waals surface area contributed by atoms with Gasteiger partial charge in [-0.3, -0.25) is 0 Å². The molecular weight excluding hydrogens is 430 g/mol. The van der Waals surface area contributed by atoms with Gasteiger partial charge >= 0.3 is 0 Å². The molecule has 1 aliphatic rings. The van der Waals surface area contributed by atoms with Gasteiger partial charge in [0, 0.05) is 29.7 Å². The minimum Gasteiger partial charge on any atom is -0.464 e. The molecule has 7 heteroatoms. The van der Waals surface area contributed by atoms with Gasteiger partial charge in [-0.25, -0.2) is 0 Å².